The van der Waals surface area contributed by atoms with Gasteiger partial charge in [-0.2, -0.15) is 0 Å². The number of nitrogens with one attached hydrogen (secondary N) is 1. The first-order valence-corrected chi connectivity index (χ1v) is 8.00. The average molecular weight is 322 g/mol. The van der Waals surface area contributed by atoms with Crippen molar-refractivity contribution in [2.24, 2.45) is 0 Å². The van der Waals surface area contributed by atoms with E-state index in [1.807, 2.05) is 30.3 Å². The molecular formula is C17H18N6O. The van der Waals surface area contributed by atoms with Crippen molar-refractivity contribution in [1.29, 1.82) is 0 Å². The molecule has 1 fully saturated rings. The summed E-state index contributed by atoms with van der Waals surface area (Å²) in [4.78, 5) is 31.9. The SMILES string of the molecule is O=CC(c1ccccc1)N1CCN(c2ncnc3nc[nH]c23)CC1. The lowest BCUT2D eigenvalue weighted by atomic mass is 10.1. The van der Waals surface area contributed by atoms with Crippen LogP contribution in [-0.4, -0.2) is 57.3 Å². The summed E-state index contributed by atoms with van der Waals surface area (Å²) in [5.74, 6) is 0.875. The normalized spacial score (nSPS) is 17.1. The molecule has 0 radical (unpaired) electrons. The van der Waals surface area contributed by atoms with Crippen LogP contribution in [0, 0.1) is 0 Å². The van der Waals surface area contributed by atoms with Gasteiger partial charge in [0.15, 0.2) is 11.5 Å². The largest absolute Gasteiger partial charge is 0.352 e. The number of aromatic amines is 1. The minimum absolute atomic E-state index is 0.189. The fraction of sp³-hybridized carbons (Fsp3) is 0.294. The van der Waals surface area contributed by atoms with E-state index in [1.54, 1.807) is 12.7 Å². The zero-order valence-corrected chi connectivity index (χ0v) is 13.2. The highest BCUT2D eigenvalue weighted by molar-refractivity contribution is 5.82. The van der Waals surface area contributed by atoms with Gasteiger partial charge in [0.25, 0.3) is 0 Å². The van der Waals surface area contributed by atoms with Crippen molar-refractivity contribution < 1.29 is 4.79 Å². The molecule has 4 rings (SSSR count). The van der Waals surface area contributed by atoms with E-state index in [-0.39, 0.29) is 6.04 Å². The topological polar surface area (TPSA) is 78.0 Å². The number of nitrogens with zero attached hydrogens (tertiary/aromatic N) is 5. The van der Waals surface area contributed by atoms with Gasteiger partial charge in [-0.05, 0) is 5.56 Å². The quantitative estimate of drug-likeness (QED) is 0.732. The maximum atomic E-state index is 11.6. The van der Waals surface area contributed by atoms with Gasteiger partial charge >= 0.3 is 0 Å². The summed E-state index contributed by atoms with van der Waals surface area (Å²) in [6, 6.07) is 9.73. The molecule has 0 spiro atoms. The predicted molar refractivity (Wildman–Crippen MR) is 90.7 cm³/mol. The number of piperazine rings is 1. The average Bonchev–Trinajstić information content (AvgIpc) is 3.13. The second kappa shape index (κ2) is 6.37. The van der Waals surface area contributed by atoms with Gasteiger partial charge in [0, 0.05) is 26.2 Å². The van der Waals surface area contributed by atoms with Crippen molar-refractivity contribution in [1.82, 2.24) is 24.8 Å². The number of rotatable bonds is 4. The molecule has 24 heavy (non-hydrogen) atoms. The summed E-state index contributed by atoms with van der Waals surface area (Å²) in [5, 5.41) is 0. The number of anilines is 1. The smallest absolute Gasteiger partial charge is 0.182 e. The Hall–Kier alpha value is -2.80. The van der Waals surface area contributed by atoms with Crippen LogP contribution in [0.25, 0.3) is 11.2 Å². The molecule has 7 heteroatoms. The highest BCUT2D eigenvalue weighted by atomic mass is 16.1. The molecular weight excluding hydrogens is 304 g/mol. The highest BCUT2D eigenvalue weighted by Gasteiger charge is 2.26. The molecule has 3 heterocycles. The summed E-state index contributed by atoms with van der Waals surface area (Å²) < 4.78 is 0. The third-order valence-corrected chi connectivity index (χ3v) is 4.48. The van der Waals surface area contributed by atoms with Gasteiger partial charge in [0.05, 0.1) is 12.4 Å². The number of hydrogen-bond donors (Lipinski definition) is 1. The second-order valence-electron chi connectivity index (χ2n) is 5.81. The standard InChI is InChI=1S/C17H18N6O/c24-10-14(13-4-2-1-3-5-13)22-6-8-23(9-7-22)17-15-16(19-11-18-15)20-12-21-17/h1-5,10-12,14H,6-9H2,(H,18,19,20,21). The van der Waals surface area contributed by atoms with Crippen LogP contribution in [0.15, 0.2) is 43.0 Å². The fourth-order valence-electron chi connectivity index (χ4n) is 3.23. The molecule has 1 aliphatic heterocycles. The molecule has 0 aliphatic carbocycles. The molecule has 1 aliphatic rings. The van der Waals surface area contributed by atoms with Crippen LogP contribution in [0.5, 0.6) is 0 Å². The van der Waals surface area contributed by atoms with Crippen molar-refractivity contribution in [2.45, 2.75) is 6.04 Å². The summed E-state index contributed by atoms with van der Waals surface area (Å²) in [5.41, 5.74) is 2.58. The number of carbonyl (C=O) groups excluding carboxylic acids is 1. The lowest BCUT2D eigenvalue weighted by Crippen LogP contribution is -2.48. The lowest BCUT2D eigenvalue weighted by Gasteiger charge is -2.38. The molecule has 1 aromatic carbocycles. The van der Waals surface area contributed by atoms with Crippen LogP contribution >= 0.6 is 0 Å². The second-order valence-corrected chi connectivity index (χ2v) is 5.81. The first kappa shape index (κ1) is 14.8. The number of imidazole rings is 1. The molecule has 3 aromatic rings. The van der Waals surface area contributed by atoms with E-state index in [2.05, 4.69) is 29.7 Å². The Morgan fingerprint density at radius 3 is 2.58 bits per heavy atom. The first-order chi connectivity index (χ1) is 11.9. The van der Waals surface area contributed by atoms with Crippen molar-refractivity contribution >= 4 is 23.3 Å². The molecule has 0 bridgehead atoms. The number of fused-ring (bicyclic) bond motifs is 1. The van der Waals surface area contributed by atoms with Crippen LogP contribution in [0.3, 0.4) is 0 Å². The third kappa shape index (κ3) is 2.63. The number of carbonyl (C=O) groups is 1. The zero-order valence-electron chi connectivity index (χ0n) is 13.2. The maximum absolute atomic E-state index is 11.6. The van der Waals surface area contributed by atoms with E-state index in [4.69, 9.17) is 0 Å². The van der Waals surface area contributed by atoms with E-state index in [9.17, 15) is 4.79 Å². The Morgan fingerprint density at radius 1 is 1.04 bits per heavy atom. The number of aromatic nitrogens is 4. The summed E-state index contributed by atoms with van der Waals surface area (Å²) in [6.07, 6.45) is 4.21. The predicted octanol–water partition coefficient (Wildman–Crippen LogP) is 1.42. The van der Waals surface area contributed by atoms with Gasteiger partial charge in [-0.25, -0.2) is 15.0 Å². The molecule has 2 aromatic heterocycles. The van der Waals surface area contributed by atoms with Crippen LogP contribution in [0.1, 0.15) is 11.6 Å². The van der Waals surface area contributed by atoms with Gasteiger partial charge < -0.3 is 14.7 Å². The maximum Gasteiger partial charge on any atom is 0.182 e. The van der Waals surface area contributed by atoms with Gasteiger partial charge in [-0.1, -0.05) is 30.3 Å². The Morgan fingerprint density at radius 2 is 1.83 bits per heavy atom. The summed E-state index contributed by atoms with van der Waals surface area (Å²) >= 11 is 0. The van der Waals surface area contributed by atoms with Crippen LogP contribution in [-0.2, 0) is 4.79 Å². The zero-order chi connectivity index (χ0) is 16.4. The molecule has 0 saturated carbocycles. The molecule has 1 saturated heterocycles. The Bertz CT molecular complexity index is 825. The number of aldehydes is 1. The van der Waals surface area contributed by atoms with Crippen LogP contribution < -0.4 is 4.90 Å². The fourth-order valence-corrected chi connectivity index (χ4v) is 3.23. The summed E-state index contributed by atoms with van der Waals surface area (Å²) in [6.45, 7) is 3.22. The molecule has 7 nitrogen and oxygen atoms in total. The van der Waals surface area contributed by atoms with Crippen LogP contribution in [0.2, 0.25) is 0 Å². The molecule has 1 unspecified atom stereocenters. The monoisotopic (exact) mass is 322 g/mol. The van der Waals surface area contributed by atoms with Crippen molar-refractivity contribution in [3.05, 3.63) is 48.5 Å². The van der Waals surface area contributed by atoms with E-state index >= 15 is 0 Å². The van der Waals surface area contributed by atoms with Gasteiger partial charge in [-0.3, -0.25) is 4.90 Å². The van der Waals surface area contributed by atoms with E-state index < -0.39 is 0 Å². The van der Waals surface area contributed by atoms with Gasteiger partial charge in [0.2, 0.25) is 0 Å². The van der Waals surface area contributed by atoms with E-state index in [1.165, 1.54) is 0 Å². The number of benzene rings is 1. The van der Waals surface area contributed by atoms with Gasteiger partial charge in [0.1, 0.15) is 18.1 Å². The number of hydrogen-bond acceptors (Lipinski definition) is 6. The highest BCUT2D eigenvalue weighted by Crippen LogP contribution is 2.24. The molecule has 1 N–H and O–H groups in total. The van der Waals surface area contributed by atoms with E-state index in [0.717, 1.165) is 49.4 Å². The van der Waals surface area contributed by atoms with Crippen molar-refractivity contribution in [3.8, 4) is 0 Å². The minimum Gasteiger partial charge on any atom is -0.352 e. The third-order valence-electron chi connectivity index (χ3n) is 4.48. The lowest BCUT2D eigenvalue weighted by molar-refractivity contribution is -0.112. The van der Waals surface area contributed by atoms with Crippen molar-refractivity contribution in [3.63, 3.8) is 0 Å². The Kier molecular flexibility index (Phi) is 3.92. The number of H-pyrrole nitrogens is 1. The Balaban J connectivity index is 1.50. The van der Waals surface area contributed by atoms with Crippen molar-refractivity contribution in [2.75, 3.05) is 31.1 Å². The molecule has 0 amide bonds. The van der Waals surface area contributed by atoms with Gasteiger partial charge in [-0.15, -0.1) is 0 Å². The first-order valence-electron chi connectivity index (χ1n) is 8.00. The van der Waals surface area contributed by atoms with Crippen LogP contribution in [0.4, 0.5) is 5.82 Å². The Labute approximate surface area is 139 Å². The molecule has 1 atom stereocenters. The summed E-state index contributed by atoms with van der Waals surface area (Å²) in [7, 11) is 0. The molecule has 122 valence electrons. The van der Waals surface area contributed by atoms with E-state index in [0.29, 0.717) is 5.65 Å². The minimum atomic E-state index is -0.189.